The third-order valence-electron chi connectivity index (χ3n) is 5.87. The summed E-state index contributed by atoms with van der Waals surface area (Å²) in [7, 11) is 3.76. The smallest absolute Gasteiger partial charge is 0.261 e. The molecule has 0 saturated heterocycles. The zero-order valence-corrected chi connectivity index (χ0v) is 19.4. The summed E-state index contributed by atoms with van der Waals surface area (Å²) in [5.74, 6) is 0.499. The third-order valence-corrected chi connectivity index (χ3v) is 5.87. The zero-order valence-electron chi connectivity index (χ0n) is 19.4. The maximum absolute atomic E-state index is 13.3. The SMILES string of the molecule is CNCCNc1ccc2nc(-c3c(N[C@@H](C)c4ccccc4)c4nn(C)cc4[nH]c3=O)[nH]c2c1. The number of likely N-dealkylation sites (N-methyl/N-ethyl adjacent to an activating group) is 1. The summed E-state index contributed by atoms with van der Waals surface area (Å²) in [6.45, 7) is 3.74. The molecule has 0 aliphatic carbocycles. The molecule has 0 saturated carbocycles. The summed E-state index contributed by atoms with van der Waals surface area (Å²) < 4.78 is 1.70. The van der Waals surface area contributed by atoms with Crippen molar-refractivity contribution in [1.82, 2.24) is 30.0 Å². The fourth-order valence-electron chi connectivity index (χ4n) is 4.16. The molecule has 0 amide bonds. The van der Waals surface area contributed by atoms with Crippen molar-refractivity contribution in [3.8, 4) is 11.4 Å². The molecule has 0 unspecified atom stereocenters. The van der Waals surface area contributed by atoms with Crippen LogP contribution in [0.2, 0.25) is 0 Å². The highest BCUT2D eigenvalue weighted by Crippen LogP contribution is 2.33. The van der Waals surface area contributed by atoms with Crippen molar-refractivity contribution in [3.63, 3.8) is 0 Å². The number of nitrogens with one attached hydrogen (secondary N) is 5. The molecule has 5 aromatic rings. The van der Waals surface area contributed by atoms with E-state index in [-0.39, 0.29) is 11.6 Å². The highest BCUT2D eigenvalue weighted by molar-refractivity contribution is 5.96. The van der Waals surface area contributed by atoms with Crippen LogP contribution in [-0.4, -0.2) is 44.9 Å². The van der Waals surface area contributed by atoms with E-state index in [9.17, 15) is 4.79 Å². The van der Waals surface area contributed by atoms with E-state index in [0.29, 0.717) is 28.1 Å². The molecule has 5 N–H and O–H groups in total. The Labute approximate surface area is 196 Å². The standard InChI is InChI=1S/C25H28N8O/c1-15(16-7-5-4-6-8-16)28-23-21(25(34)31-20-14-33(3)32-22(20)23)24-29-18-10-9-17(13-19(18)30-24)27-12-11-26-2/h4-10,13-15,26-28H,11-12H2,1-3H3,(H,29,30)(H,31,34)/t15-/m0/s1. The van der Waals surface area contributed by atoms with Crippen LogP contribution in [0.15, 0.2) is 59.5 Å². The predicted molar refractivity (Wildman–Crippen MR) is 137 cm³/mol. The molecule has 9 heteroatoms. The highest BCUT2D eigenvalue weighted by Gasteiger charge is 2.21. The van der Waals surface area contributed by atoms with Crippen molar-refractivity contribution in [2.45, 2.75) is 13.0 Å². The number of aromatic amines is 2. The largest absolute Gasteiger partial charge is 0.384 e. The van der Waals surface area contributed by atoms with E-state index in [1.807, 2.05) is 50.5 Å². The van der Waals surface area contributed by atoms with E-state index in [1.54, 1.807) is 10.9 Å². The molecule has 2 aromatic carbocycles. The van der Waals surface area contributed by atoms with Gasteiger partial charge in [-0.3, -0.25) is 9.48 Å². The molecule has 3 aromatic heterocycles. The molecule has 9 nitrogen and oxygen atoms in total. The van der Waals surface area contributed by atoms with Crippen LogP contribution >= 0.6 is 0 Å². The fraction of sp³-hybridized carbons (Fsp3) is 0.240. The van der Waals surface area contributed by atoms with Crippen molar-refractivity contribution in [2.24, 2.45) is 7.05 Å². The Hall–Kier alpha value is -4.11. The summed E-state index contributed by atoms with van der Waals surface area (Å²) in [5, 5.41) is 14.7. The third kappa shape index (κ3) is 4.13. The second-order valence-corrected chi connectivity index (χ2v) is 8.39. The molecular formula is C25H28N8O. The zero-order chi connectivity index (χ0) is 23.7. The first-order valence-electron chi connectivity index (χ1n) is 11.3. The molecule has 5 rings (SSSR count). The van der Waals surface area contributed by atoms with Gasteiger partial charge in [-0.05, 0) is 37.7 Å². The first-order valence-corrected chi connectivity index (χ1v) is 11.3. The summed E-state index contributed by atoms with van der Waals surface area (Å²) >= 11 is 0. The van der Waals surface area contributed by atoms with E-state index in [1.165, 1.54) is 0 Å². The Kier molecular flexibility index (Phi) is 5.77. The van der Waals surface area contributed by atoms with Crippen LogP contribution in [-0.2, 0) is 7.05 Å². The lowest BCUT2D eigenvalue weighted by molar-refractivity contribution is 0.779. The van der Waals surface area contributed by atoms with Gasteiger partial charge in [0.05, 0.1) is 22.2 Å². The summed E-state index contributed by atoms with van der Waals surface area (Å²) in [6.07, 6.45) is 1.81. The molecule has 1 atom stereocenters. The average molecular weight is 457 g/mol. The van der Waals surface area contributed by atoms with Crippen LogP contribution < -0.4 is 21.5 Å². The van der Waals surface area contributed by atoms with Crippen molar-refractivity contribution < 1.29 is 0 Å². The van der Waals surface area contributed by atoms with Crippen LogP contribution in [0.25, 0.3) is 33.5 Å². The van der Waals surface area contributed by atoms with Gasteiger partial charge in [-0.2, -0.15) is 5.10 Å². The van der Waals surface area contributed by atoms with Crippen LogP contribution in [0.1, 0.15) is 18.5 Å². The molecule has 0 aliphatic rings. The number of imidazole rings is 1. The maximum atomic E-state index is 13.3. The molecule has 0 fully saturated rings. The Morgan fingerprint density at radius 2 is 1.88 bits per heavy atom. The lowest BCUT2D eigenvalue weighted by atomic mass is 10.1. The number of nitrogens with zero attached hydrogens (tertiary/aromatic N) is 3. The molecule has 0 aliphatic heterocycles. The number of aryl methyl sites for hydroxylation is 1. The van der Waals surface area contributed by atoms with Crippen molar-refractivity contribution in [3.05, 3.63) is 70.6 Å². The number of fused-ring (bicyclic) bond motifs is 2. The van der Waals surface area contributed by atoms with Crippen LogP contribution in [0.4, 0.5) is 11.4 Å². The van der Waals surface area contributed by atoms with Crippen molar-refractivity contribution in [2.75, 3.05) is 30.8 Å². The van der Waals surface area contributed by atoms with Gasteiger partial charge < -0.3 is 25.9 Å². The minimum absolute atomic E-state index is 0.0423. The minimum Gasteiger partial charge on any atom is -0.384 e. The number of anilines is 2. The van der Waals surface area contributed by atoms with Gasteiger partial charge in [0, 0.05) is 38.1 Å². The number of rotatable bonds is 8. The van der Waals surface area contributed by atoms with Gasteiger partial charge in [-0.1, -0.05) is 30.3 Å². The lowest BCUT2D eigenvalue weighted by Crippen LogP contribution is -2.17. The summed E-state index contributed by atoms with van der Waals surface area (Å²) in [6, 6.07) is 16.0. The fourth-order valence-corrected chi connectivity index (χ4v) is 4.16. The van der Waals surface area contributed by atoms with Gasteiger partial charge in [0.25, 0.3) is 5.56 Å². The van der Waals surface area contributed by atoms with Crippen LogP contribution in [0, 0.1) is 0 Å². The Balaban J connectivity index is 1.61. The van der Waals surface area contributed by atoms with Gasteiger partial charge in [0.2, 0.25) is 0 Å². The second kappa shape index (κ2) is 9.03. The average Bonchev–Trinajstić information content (AvgIpc) is 3.41. The Morgan fingerprint density at radius 1 is 1.06 bits per heavy atom. The lowest BCUT2D eigenvalue weighted by Gasteiger charge is -2.18. The topological polar surface area (TPSA) is 115 Å². The first kappa shape index (κ1) is 21.7. The van der Waals surface area contributed by atoms with E-state index in [0.717, 1.165) is 35.4 Å². The summed E-state index contributed by atoms with van der Waals surface area (Å²) in [5.41, 5.74) is 5.97. The van der Waals surface area contributed by atoms with Gasteiger partial charge >= 0.3 is 0 Å². The Bertz CT molecular complexity index is 1500. The highest BCUT2D eigenvalue weighted by atomic mass is 16.1. The summed E-state index contributed by atoms with van der Waals surface area (Å²) in [4.78, 5) is 24.3. The van der Waals surface area contributed by atoms with Gasteiger partial charge in [-0.25, -0.2) is 4.98 Å². The number of aromatic nitrogens is 5. The predicted octanol–water partition coefficient (Wildman–Crippen LogP) is 3.61. The van der Waals surface area contributed by atoms with E-state index < -0.39 is 0 Å². The van der Waals surface area contributed by atoms with Gasteiger partial charge in [-0.15, -0.1) is 0 Å². The number of hydrogen-bond donors (Lipinski definition) is 5. The second-order valence-electron chi connectivity index (χ2n) is 8.39. The van der Waals surface area contributed by atoms with Gasteiger partial charge in [0.15, 0.2) is 0 Å². The number of benzene rings is 2. The molecule has 0 bridgehead atoms. The molecular weight excluding hydrogens is 428 g/mol. The molecule has 0 radical (unpaired) electrons. The van der Waals surface area contributed by atoms with Crippen molar-refractivity contribution in [1.29, 1.82) is 0 Å². The molecule has 3 heterocycles. The number of hydrogen-bond acceptors (Lipinski definition) is 6. The van der Waals surface area contributed by atoms with E-state index in [4.69, 9.17) is 4.98 Å². The maximum Gasteiger partial charge on any atom is 0.261 e. The Morgan fingerprint density at radius 3 is 2.68 bits per heavy atom. The minimum atomic E-state index is -0.227. The van der Waals surface area contributed by atoms with E-state index >= 15 is 0 Å². The van der Waals surface area contributed by atoms with Gasteiger partial charge in [0.1, 0.15) is 16.9 Å². The van der Waals surface area contributed by atoms with Crippen LogP contribution in [0.5, 0.6) is 0 Å². The normalized spacial score (nSPS) is 12.3. The molecule has 0 spiro atoms. The quantitative estimate of drug-likeness (QED) is 0.228. The molecule has 174 valence electrons. The molecule has 34 heavy (non-hydrogen) atoms. The van der Waals surface area contributed by atoms with Crippen LogP contribution in [0.3, 0.4) is 0 Å². The first-order chi connectivity index (χ1) is 16.5. The van der Waals surface area contributed by atoms with Crippen molar-refractivity contribution >= 4 is 33.4 Å². The number of pyridine rings is 1. The monoisotopic (exact) mass is 456 g/mol. The number of H-pyrrole nitrogens is 2. The van der Waals surface area contributed by atoms with E-state index in [2.05, 4.69) is 50.1 Å².